The first kappa shape index (κ1) is 14.4. The Morgan fingerprint density at radius 2 is 2.32 bits per heavy atom. The standard InChI is InChI=1S/C14H16FN3O3S/c15-10-11(20)8(5-19)21-14(10)18-4-7-2-1-3-22-13-9(7)12(18)16-6-17-13/h4,6,8,10-11,14,19-20H,1-3,5H2/t8-,10-,11-,14-/m1/s1. The average molecular weight is 325 g/mol. The van der Waals surface area contributed by atoms with Crippen molar-refractivity contribution in [1.29, 1.82) is 0 Å². The number of aromatic nitrogens is 3. The Bertz CT molecular complexity index is 710. The number of hydrogen-bond donors (Lipinski definition) is 2. The molecule has 0 aliphatic carbocycles. The third-order valence-electron chi connectivity index (χ3n) is 4.23. The van der Waals surface area contributed by atoms with Crippen molar-refractivity contribution in [2.45, 2.75) is 42.5 Å². The van der Waals surface area contributed by atoms with E-state index in [0.29, 0.717) is 5.65 Å². The monoisotopic (exact) mass is 325 g/mol. The molecule has 4 atom stereocenters. The molecule has 2 aliphatic rings. The molecule has 0 aromatic carbocycles. The van der Waals surface area contributed by atoms with Crippen LogP contribution in [-0.2, 0) is 11.2 Å². The number of halogens is 1. The first-order valence-electron chi connectivity index (χ1n) is 7.26. The van der Waals surface area contributed by atoms with Gasteiger partial charge in [-0.05, 0) is 24.2 Å². The maximum atomic E-state index is 14.4. The Morgan fingerprint density at radius 3 is 3.09 bits per heavy atom. The number of nitrogens with zero attached hydrogens (tertiary/aromatic N) is 3. The van der Waals surface area contributed by atoms with Gasteiger partial charge in [0.25, 0.3) is 0 Å². The summed E-state index contributed by atoms with van der Waals surface area (Å²) in [5.74, 6) is 0.998. The van der Waals surface area contributed by atoms with Crippen molar-refractivity contribution in [3.05, 3.63) is 18.1 Å². The molecule has 0 radical (unpaired) electrons. The Labute approximate surface area is 130 Å². The molecular formula is C14H16FN3O3S. The van der Waals surface area contributed by atoms with Gasteiger partial charge in [0.2, 0.25) is 0 Å². The van der Waals surface area contributed by atoms with Crippen molar-refractivity contribution in [3.8, 4) is 0 Å². The lowest BCUT2D eigenvalue weighted by Crippen LogP contribution is -2.30. The topological polar surface area (TPSA) is 80.4 Å². The Morgan fingerprint density at radius 1 is 1.45 bits per heavy atom. The number of hydrogen-bond acceptors (Lipinski definition) is 6. The third-order valence-corrected chi connectivity index (χ3v) is 5.31. The van der Waals surface area contributed by atoms with Crippen molar-refractivity contribution in [1.82, 2.24) is 14.5 Å². The van der Waals surface area contributed by atoms with Crippen LogP contribution in [0.5, 0.6) is 0 Å². The molecule has 0 unspecified atom stereocenters. The lowest BCUT2D eigenvalue weighted by atomic mass is 10.1. The second-order valence-corrected chi connectivity index (χ2v) is 6.66. The zero-order valence-electron chi connectivity index (χ0n) is 11.7. The van der Waals surface area contributed by atoms with Crippen LogP contribution < -0.4 is 0 Å². The third kappa shape index (κ3) is 2.05. The predicted molar refractivity (Wildman–Crippen MR) is 78.5 cm³/mol. The van der Waals surface area contributed by atoms with E-state index >= 15 is 0 Å². The molecule has 4 heterocycles. The second-order valence-electron chi connectivity index (χ2n) is 5.57. The fourth-order valence-electron chi connectivity index (χ4n) is 3.13. The molecule has 4 rings (SSSR count). The summed E-state index contributed by atoms with van der Waals surface area (Å²) in [6, 6.07) is 0. The van der Waals surface area contributed by atoms with E-state index in [4.69, 9.17) is 4.74 Å². The minimum Gasteiger partial charge on any atom is -0.394 e. The molecule has 22 heavy (non-hydrogen) atoms. The molecule has 0 saturated carbocycles. The van der Waals surface area contributed by atoms with Gasteiger partial charge < -0.3 is 19.5 Å². The molecule has 0 bridgehead atoms. The second kappa shape index (κ2) is 5.45. The summed E-state index contributed by atoms with van der Waals surface area (Å²) in [5.41, 5.74) is 1.70. The number of thioether (sulfide) groups is 1. The molecule has 2 aliphatic heterocycles. The Kier molecular flexibility index (Phi) is 3.56. The number of aryl methyl sites for hydroxylation is 1. The van der Waals surface area contributed by atoms with E-state index in [1.54, 1.807) is 16.3 Å². The van der Waals surface area contributed by atoms with E-state index in [0.717, 1.165) is 34.6 Å². The molecule has 118 valence electrons. The van der Waals surface area contributed by atoms with Gasteiger partial charge in [-0.3, -0.25) is 0 Å². The van der Waals surface area contributed by atoms with E-state index in [1.165, 1.54) is 6.33 Å². The van der Waals surface area contributed by atoms with Gasteiger partial charge >= 0.3 is 0 Å². The highest BCUT2D eigenvalue weighted by Crippen LogP contribution is 2.38. The summed E-state index contributed by atoms with van der Waals surface area (Å²) < 4.78 is 21.5. The van der Waals surface area contributed by atoms with Gasteiger partial charge in [0, 0.05) is 6.20 Å². The van der Waals surface area contributed by atoms with Gasteiger partial charge in [0.1, 0.15) is 29.2 Å². The van der Waals surface area contributed by atoms with E-state index in [1.807, 2.05) is 6.20 Å². The first-order valence-corrected chi connectivity index (χ1v) is 8.25. The Balaban J connectivity index is 1.83. The van der Waals surface area contributed by atoms with Crippen molar-refractivity contribution in [2.75, 3.05) is 12.4 Å². The highest BCUT2D eigenvalue weighted by atomic mass is 32.2. The molecule has 1 fully saturated rings. The summed E-state index contributed by atoms with van der Waals surface area (Å²) in [6.07, 6.45) is 0.393. The summed E-state index contributed by atoms with van der Waals surface area (Å²) in [5, 5.41) is 20.9. The van der Waals surface area contributed by atoms with Crippen LogP contribution in [0.25, 0.3) is 11.0 Å². The lowest BCUT2D eigenvalue weighted by Gasteiger charge is -2.16. The summed E-state index contributed by atoms with van der Waals surface area (Å²) in [4.78, 5) is 8.61. The normalized spacial score (nSPS) is 31.6. The van der Waals surface area contributed by atoms with Crippen LogP contribution in [0.2, 0.25) is 0 Å². The molecular weight excluding hydrogens is 309 g/mol. The summed E-state index contributed by atoms with van der Waals surface area (Å²) in [7, 11) is 0. The minimum absolute atomic E-state index is 0.416. The van der Waals surface area contributed by atoms with E-state index in [2.05, 4.69) is 9.97 Å². The number of aliphatic hydroxyl groups excluding tert-OH is 2. The highest BCUT2D eigenvalue weighted by molar-refractivity contribution is 7.99. The van der Waals surface area contributed by atoms with Gasteiger partial charge in [0.15, 0.2) is 12.4 Å². The summed E-state index contributed by atoms with van der Waals surface area (Å²) >= 11 is 1.68. The van der Waals surface area contributed by atoms with Gasteiger partial charge in [-0.15, -0.1) is 11.8 Å². The largest absolute Gasteiger partial charge is 0.394 e. The maximum absolute atomic E-state index is 14.4. The molecule has 2 aromatic heterocycles. The molecule has 0 amide bonds. The van der Waals surface area contributed by atoms with E-state index in [-0.39, 0.29) is 0 Å². The molecule has 6 nitrogen and oxygen atoms in total. The van der Waals surface area contributed by atoms with E-state index < -0.39 is 31.2 Å². The number of ether oxygens (including phenoxy) is 1. The van der Waals surface area contributed by atoms with Gasteiger partial charge in [0.05, 0.1) is 12.0 Å². The number of aliphatic hydroxyl groups is 2. The number of alkyl halides is 1. The fraction of sp³-hybridized carbons (Fsp3) is 0.571. The first-order chi connectivity index (χ1) is 10.7. The van der Waals surface area contributed by atoms with Crippen LogP contribution in [-0.4, -0.2) is 55.5 Å². The summed E-state index contributed by atoms with van der Waals surface area (Å²) in [6.45, 7) is -0.416. The van der Waals surface area contributed by atoms with Crippen molar-refractivity contribution in [2.24, 2.45) is 0 Å². The maximum Gasteiger partial charge on any atom is 0.173 e. The zero-order valence-corrected chi connectivity index (χ0v) is 12.5. The average Bonchev–Trinajstić information content (AvgIpc) is 2.94. The van der Waals surface area contributed by atoms with Crippen LogP contribution in [0.15, 0.2) is 17.6 Å². The van der Waals surface area contributed by atoms with Crippen molar-refractivity contribution >= 4 is 22.8 Å². The van der Waals surface area contributed by atoms with Crippen LogP contribution in [0, 0.1) is 0 Å². The molecule has 0 spiro atoms. The predicted octanol–water partition coefficient (Wildman–Crippen LogP) is 1.06. The molecule has 1 saturated heterocycles. The Hall–Kier alpha value is -1.22. The van der Waals surface area contributed by atoms with Crippen molar-refractivity contribution in [3.63, 3.8) is 0 Å². The smallest absolute Gasteiger partial charge is 0.173 e. The molecule has 8 heteroatoms. The molecule has 2 aromatic rings. The lowest BCUT2D eigenvalue weighted by molar-refractivity contribution is -0.0457. The highest BCUT2D eigenvalue weighted by Gasteiger charge is 2.45. The molecule has 2 N–H and O–H groups in total. The van der Waals surface area contributed by atoms with Crippen LogP contribution in [0.1, 0.15) is 18.2 Å². The SMILES string of the molecule is OC[C@H]1O[C@@H](n2cc3c4c(ncnc42)SCCC3)[C@H](F)[C@@H]1O. The van der Waals surface area contributed by atoms with Crippen LogP contribution in [0.3, 0.4) is 0 Å². The quantitative estimate of drug-likeness (QED) is 0.804. The number of rotatable bonds is 2. The fourth-order valence-corrected chi connectivity index (χ4v) is 4.10. The van der Waals surface area contributed by atoms with E-state index in [9.17, 15) is 14.6 Å². The van der Waals surface area contributed by atoms with Gasteiger partial charge in [-0.25, -0.2) is 14.4 Å². The zero-order chi connectivity index (χ0) is 15.3. The van der Waals surface area contributed by atoms with Crippen LogP contribution in [0.4, 0.5) is 4.39 Å². The van der Waals surface area contributed by atoms with Gasteiger partial charge in [-0.2, -0.15) is 0 Å². The van der Waals surface area contributed by atoms with Gasteiger partial charge in [-0.1, -0.05) is 0 Å². The minimum atomic E-state index is -1.60. The van der Waals surface area contributed by atoms with Crippen molar-refractivity contribution < 1.29 is 19.3 Å². The van der Waals surface area contributed by atoms with Crippen LogP contribution >= 0.6 is 11.8 Å².